The van der Waals surface area contributed by atoms with E-state index in [4.69, 9.17) is 4.42 Å². The highest BCUT2D eigenvalue weighted by atomic mass is 16.3. The van der Waals surface area contributed by atoms with Crippen molar-refractivity contribution in [2.75, 3.05) is 4.90 Å². The number of furan rings is 1. The highest BCUT2D eigenvalue weighted by Gasteiger charge is 2.18. The van der Waals surface area contributed by atoms with Crippen molar-refractivity contribution in [2.24, 2.45) is 0 Å². The average molecular weight is 766 g/mol. The minimum absolute atomic E-state index is 0.863. The third-order valence-corrected chi connectivity index (χ3v) is 11.7. The summed E-state index contributed by atoms with van der Waals surface area (Å²) in [5.41, 5.74) is 16.9. The number of rotatable bonds is 8. The van der Waals surface area contributed by atoms with E-state index < -0.39 is 0 Å². The monoisotopic (exact) mass is 765 g/mol. The molecule has 2 nitrogen and oxygen atoms in total. The molecule has 0 bridgehead atoms. The van der Waals surface area contributed by atoms with Crippen LogP contribution < -0.4 is 4.90 Å². The van der Waals surface area contributed by atoms with E-state index >= 15 is 0 Å². The van der Waals surface area contributed by atoms with E-state index in [9.17, 15) is 0 Å². The molecule has 282 valence electrons. The summed E-state index contributed by atoms with van der Waals surface area (Å²) in [7, 11) is 0. The Kier molecular flexibility index (Phi) is 8.87. The number of benzene rings is 10. The van der Waals surface area contributed by atoms with Crippen LogP contribution in [0.25, 0.3) is 88.3 Å². The molecule has 1 heterocycles. The Morgan fingerprint density at radius 1 is 0.267 bits per heavy atom. The highest BCUT2D eigenvalue weighted by Crippen LogP contribution is 2.43. The van der Waals surface area contributed by atoms with E-state index in [1.807, 2.05) is 12.1 Å². The molecule has 10 aromatic carbocycles. The van der Waals surface area contributed by atoms with Gasteiger partial charge in [0.2, 0.25) is 0 Å². The molecule has 1 aromatic heterocycles. The van der Waals surface area contributed by atoms with Crippen LogP contribution in [0.1, 0.15) is 0 Å². The highest BCUT2D eigenvalue weighted by molar-refractivity contribution is 6.07. The zero-order valence-electron chi connectivity index (χ0n) is 32.9. The van der Waals surface area contributed by atoms with Gasteiger partial charge in [0, 0.05) is 33.9 Å². The number of hydrogen-bond donors (Lipinski definition) is 0. The fraction of sp³-hybridized carbons (Fsp3) is 0. The summed E-state index contributed by atoms with van der Waals surface area (Å²) in [6.07, 6.45) is 0. The maximum Gasteiger partial charge on any atom is 0.137 e. The molecule has 0 spiro atoms. The number of nitrogens with zero attached hydrogens (tertiary/aromatic N) is 1. The van der Waals surface area contributed by atoms with Crippen molar-refractivity contribution in [2.45, 2.75) is 0 Å². The van der Waals surface area contributed by atoms with Gasteiger partial charge in [-0.25, -0.2) is 0 Å². The van der Waals surface area contributed by atoms with Gasteiger partial charge in [0.1, 0.15) is 11.2 Å². The molecule has 0 fully saturated rings. The van der Waals surface area contributed by atoms with Crippen LogP contribution in [-0.2, 0) is 0 Å². The molecule has 0 unspecified atom stereocenters. The lowest BCUT2D eigenvalue weighted by molar-refractivity contribution is 0.669. The van der Waals surface area contributed by atoms with Crippen LogP contribution in [0.5, 0.6) is 0 Å². The molecule has 0 atom stereocenters. The van der Waals surface area contributed by atoms with Crippen LogP contribution >= 0.6 is 0 Å². The Hall–Kier alpha value is -7.94. The molecule has 2 heteroatoms. The van der Waals surface area contributed by atoms with Crippen molar-refractivity contribution >= 4 is 49.8 Å². The third-order valence-electron chi connectivity index (χ3n) is 11.7. The SMILES string of the molecule is c1ccc(-c2ccc(-c3ccc(N(c4ccc(-c5ccc6ccccc6c5-c5ccccc5)cc4)c4ccc5c(c4)oc4ccccc45)cc3)c(-c3ccccc3)c2)cc1. The molecule has 11 aromatic rings. The number of fused-ring (bicyclic) bond motifs is 4. The first-order valence-electron chi connectivity index (χ1n) is 20.5. The summed E-state index contributed by atoms with van der Waals surface area (Å²) >= 11 is 0. The zero-order valence-corrected chi connectivity index (χ0v) is 32.9. The van der Waals surface area contributed by atoms with Crippen LogP contribution in [0, 0.1) is 0 Å². The van der Waals surface area contributed by atoms with Crippen LogP contribution in [0.2, 0.25) is 0 Å². The quantitative estimate of drug-likeness (QED) is 0.153. The Morgan fingerprint density at radius 3 is 1.47 bits per heavy atom. The second kappa shape index (κ2) is 15.1. The third kappa shape index (κ3) is 6.41. The predicted octanol–water partition coefficient (Wildman–Crippen LogP) is 16.5. The smallest absolute Gasteiger partial charge is 0.137 e. The summed E-state index contributed by atoms with van der Waals surface area (Å²) < 4.78 is 6.43. The Balaban J connectivity index is 1.03. The number of hydrogen-bond acceptors (Lipinski definition) is 2. The minimum atomic E-state index is 0.863. The van der Waals surface area contributed by atoms with Crippen LogP contribution in [0.4, 0.5) is 17.1 Å². The first-order valence-corrected chi connectivity index (χ1v) is 20.5. The zero-order chi connectivity index (χ0) is 39.8. The van der Waals surface area contributed by atoms with Gasteiger partial charge in [-0.2, -0.15) is 0 Å². The second-order valence-electron chi connectivity index (χ2n) is 15.3. The molecule has 0 aliphatic rings. The summed E-state index contributed by atoms with van der Waals surface area (Å²) in [5.74, 6) is 0. The van der Waals surface area contributed by atoms with Crippen LogP contribution in [0.3, 0.4) is 0 Å². The maximum atomic E-state index is 6.43. The minimum Gasteiger partial charge on any atom is -0.456 e. The van der Waals surface area contributed by atoms with Crippen molar-refractivity contribution < 1.29 is 4.42 Å². The maximum absolute atomic E-state index is 6.43. The van der Waals surface area contributed by atoms with E-state index in [2.05, 4.69) is 229 Å². The largest absolute Gasteiger partial charge is 0.456 e. The molecular weight excluding hydrogens is 727 g/mol. The van der Waals surface area contributed by atoms with E-state index in [0.717, 1.165) is 44.6 Å². The summed E-state index contributed by atoms with van der Waals surface area (Å²) in [6.45, 7) is 0. The standard InChI is InChI=1S/C58H39NO/c1-4-14-40(15-5-1)46-29-35-50(55(38-46)41-16-6-2-7-17-41)43-24-30-47(31-25-43)59(49-34-37-54-53-22-12-13-23-56(53)60-57(54)39-49)48-32-26-44(27-33-48)52-36-28-42-18-10-11-21-51(42)58(52)45-19-8-3-9-20-45/h1-39H. The van der Waals surface area contributed by atoms with Crippen molar-refractivity contribution in [1.82, 2.24) is 0 Å². The van der Waals surface area contributed by atoms with Gasteiger partial charge in [-0.3, -0.25) is 0 Å². The molecule has 60 heavy (non-hydrogen) atoms. The van der Waals surface area contributed by atoms with Gasteiger partial charge in [0.25, 0.3) is 0 Å². The molecule has 0 radical (unpaired) electrons. The van der Waals surface area contributed by atoms with Gasteiger partial charge in [-0.05, 0) is 115 Å². The number of para-hydroxylation sites is 1. The van der Waals surface area contributed by atoms with Crippen molar-refractivity contribution in [3.05, 3.63) is 237 Å². The molecule has 0 amide bonds. The second-order valence-corrected chi connectivity index (χ2v) is 15.3. The molecule has 0 saturated carbocycles. The first kappa shape index (κ1) is 35.2. The van der Waals surface area contributed by atoms with Crippen LogP contribution in [-0.4, -0.2) is 0 Å². The Bertz CT molecular complexity index is 3280. The van der Waals surface area contributed by atoms with Crippen molar-refractivity contribution in [3.63, 3.8) is 0 Å². The van der Waals surface area contributed by atoms with E-state index in [1.54, 1.807) is 0 Å². The topological polar surface area (TPSA) is 16.4 Å². The average Bonchev–Trinajstić information content (AvgIpc) is 3.70. The Labute approximate surface area is 349 Å². The summed E-state index contributed by atoms with van der Waals surface area (Å²) in [6, 6.07) is 84.8. The van der Waals surface area contributed by atoms with Gasteiger partial charge in [0.05, 0.1) is 0 Å². The van der Waals surface area contributed by atoms with Gasteiger partial charge in [-0.15, -0.1) is 0 Å². The molecule has 0 N–H and O–H groups in total. The lowest BCUT2D eigenvalue weighted by atomic mass is 9.89. The normalized spacial score (nSPS) is 11.3. The fourth-order valence-electron chi connectivity index (χ4n) is 8.77. The predicted molar refractivity (Wildman–Crippen MR) is 253 cm³/mol. The van der Waals surface area contributed by atoms with Crippen molar-refractivity contribution in [3.8, 4) is 55.6 Å². The lowest BCUT2D eigenvalue weighted by Crippen LogP contribution is -2.09. The Morgan fingerprint density at radius 2 is 0.767 bits per heavy atom. The van der Waals surface area contributed by atoms with E-state index in [0.29, 0.717) is 0 Å². The van der Waals surface area contributed by atoms with Crippen LogP contribution in [0.15, 0.2) is 241 Å². The first-order chi connectivity index (χ1) is 29.7. The van der Waals surface area contributed by atoms with Gasteiger partial charge >= 0.3 is 0 Å². The van der Waals surface area contributed by atoms with E-state index in [-0.39, 0.29) is 0 Å². The molecular formula is C58H39NO. The lowest BCUT2D eigenvalue weighted by Gasteiger charge is -2.26. The van der Waals surface area contributed by atoms with Gasteiger partial charge in [0.15, 0.2) is 0 Å². The summed E-state index contributed by atoms with van der Waals surface area (Å²) in [5, 5.41) is 4.71. The molecule has 11 rings (SSSR count). The number of anilines is 3. The van der Waals surface area contributed by atoms with Gasteiger partial charge in [-0.1, -0.05) is 182 Å². The van der Waals surface area contributed by atoms with Crippen molar-refractivity contribution in [1.29, 1.82) is 0 Å². The molecule has 0 saturated heterocycles. The fourth-order valence-corrected chi connectivity index (χ4v) is 8.77. The van der Waals surface area contributed by atoms with E-state index in [1.165, 1.54) is 60.8 Å². The molecule has 0 aliphatic carbocycles. The summed E-state index contributed by atoms with van der Waals surface area (Å²) in [4.78, 5) is 2.33. The molecule has 0 aliphatic heterocycles. The van der Waals surface area contributed by atoms with Gasteiger partial charge < -0.3 is 9.32 Å².